The molecule has 0 fully saturated rings. The van der Waals surface area contributed by atoms with Gasteiger partial charge >= 0.3 is 5.97 Å². The first-order valence-electron chi connectivity index (χ1n) is 7.73. The van der Waals surface area contributed by atoms with Crippen LogP contribution in [0.4, 0.5) is 5.69 Å². The lowest BCUT2D eigenvalue weighted by Crippen LogP contribution is -2.22. The lowest BCUT2D eigenvalue weighted by molar-refractivity contribution is -0.146. The molecule has 0 radical (unpaired) electrons. The van der Waals surface area contributed by atoms with Crippen molar-refractivity contribution >= 4 is 17.6 Å². The van der Waals surface area contributed by atoms with E-state index in [2.05, 4.69) is 5.32 Å². The van der Waals surface area contributed by atoms with Gasteiger partial charge in [-0.05, 0) is 29.8 Å². The number of rotatable bonds is 5. The van der Waals surface area contributed by atoms with Crippen LogP contribution in [0.15, 0.2) is 42.5 Å². The van der Waals surface area contributed by atoms with Crippen LogP contribution in [0.3, 0.4) is 0 Å². The molecule has 130 valence electrons. The number of phenols is 1. The summed E-state index contributed by atoms with van der Waals surface area (Å²) in [5.41, 5.74) is 1.22. The minimum absolute atomic E-state index is 0.0254. The molecule has 1 aliphatic heterocycles. The maximum absolute atomic E-state index is 11.9. The summed E-state index contributed by atoms with van der Waals surface area (Å²) in [6, 6.07) is 11.3. The fourth-order valence-corrected chi connectivity index (χ4v) is 2.30. The lowest BCUT2D eigenvalue weighted by atomic mass is 10.1. The average molecular weight is 343 g/mol. The Kier molecular flexibility index (Phi) is 5.03. The summed E-state index contributed by atoms with van der Waals surface area (Å²) in [7, 11) is 0. The molecular formula is C18H17NO6. The molecule has 0 saturated heterocycles. The molecule has 1 amide bonds. The fraction of sp³-hybridized carbons (Fsp3) is 0.222. The van der Waals surface area contributed by atoms with Crippen LogP contribution < -0.4 is 14.8 Å². The van der Waals surface area contributed by atoms with Gasteiger partial charge in [0.05, 0.1) is 6.42 Å². The first-order chi connectivity index (χ1) is 12.1. The van der Waals surface area contributed by atoms with Crippen LogP contribution in [0.25, 0.3) is 0 Å². The van der Waals surface area contributed by atoms with E-state index in [0.717, 1.165) is 0 Å². The summed E-state index contributed by atoms with van der Waals surface area (Å²) >= 11 is 0. The molecule has 2 aromatic rings. The third kappa shape index (κ3) is 4.63. The van der Waals surface area contributed by atoms with Gasteiger partial charge in [0.25, 0.3) is 5.91 Å². The third-order valence-electron chi connectivity index (χ3n) is 3.47. The van der Waals surface area contributed by atoms with Crippen molar-refractivity contribution < 1.29 is 28.9 Å². The van der Waals surface area contributed by atoms with Crippen molar-refractivity contribution in [3.8, 4) is 17.2 Å². The molecule has 3 rings (SSSR count). The summed E-state index contributed by atoms with van der Waals surface area (Å²) in [6.45, 7) is 0.570. The Morgan fingerprint density at radius 3 is 2.52 bits per heavy atom. The van der Waals surface area contributed by atoms with Crippen LogP contribution in [0.2, 0.25) is 0 Å². The number of aromatic hydroxyl groups is 1. The molecule has 7 heteroatoms. The van der Waals surface area contributed by atoms with Gasteiger partial charge in [0.1, 0.15) is 19.0 Å². The van der Waals surface area contributed by atoms with Gasteiger partial charge in [0, 0.05) is 11.8 Å². The minimum atomic E-state index is -0.525. The van der Waals surface area contributed by atoms with Crippen molar-refractivity contribution in [2.75, 3.05) is 25.1 Å². The van der Waals surface area contributed by atoms with Gasteiger partial charge in [-0.25, -0.2) is 0 Å². The van der Waals surface area contributed by atoms with Crippen LogP contribution in [0.1, 0.15) is 5.56 Å². The van der Waals surface area contributed by atoms with Gasteiger partial charge in [-0.15, -0.1) is 0 Å². The first-order valence-corrected chi connectivity index (χ1v) is 7.73. The Labute approximate surface area is 144 Å². The number of amides is 1. The van der Waals surface area contributed by atoms with Gasteiger partial charge in [-0.2, -0.15) is 0 Å². The van der Waals surface area contributed by atoms with Gasteiger partial charge in [-0.1, -0.05) is 12.1 Å². The molecule has 0 aliphatic carbocycles. The monoisotopic (exact) mass is 343 g/mol. The van der Waals surface area contributed by atoms with Gasteiger partial charge in [-0.3, -0.25) is 9.59 Å². The number of hydrogen-bond donors (Lipinski definition) is 2. The predicted octanol–water partition coefficient (Wildman–Crippen LogP) is 1.89. The van der Waals surface area contributed by atoms with Crippen molar-refractivity contribution in [1.82, 2.24) is 0 Å². The Balaban J connectivity index is 1.47. The number of carbonyl (C=O) groups is 2. The Hall–Kier alpha value is -3.22. The molecule has 1 heterocycles. The zero-order valence-electron chi connectivity index (χ0n) is 13.4. The molecule has 0 saturated carbocycles. The predicted molar refractivity (Wildman–Crippen MR) is 88.8 cm³/mol. The van der Waals surface area contributed by atoms with Crippen molar-refractivity contribution in [3.05, 3.63) is 48.0 Å². The van der Waals surface area contributed by atoms with E-state index in [9.17, 15) is 14.7 Å². The molecule has 2 N–H and O–H groups in total. The minimum Gasteiger partial charge on any atom is -0.508 e. The van der Waals surface area contributed by atoms with Crippen LogP contribution >= 0.6 is 0 Å². The van der Waals surface area contributed by atoms with Crippen LogP contribution in [0, 0.1) is 0 Å². The molecule has 7 nitrogen and oxygen atoms in total. The smallest absolute Gasteiger partial charge is 0.310 e. The molecule has 0 aromatic heterocycles. The van der Waals surface area contributed by atoms with Gasteiger partial charge in [0.2, 0.25) is 0 Å². The highest BCUT2D eigenvalue weighted by atomic mass is 16.6. The molecule has 0 bridgehead atoms. The number of esters is 1. The average Bonchev–Trinajstić information content (AvgIpc) is 2.62. The number of phenolic OH excluding ortho intramolecular Hbond substituents is 1. The number of benzene rings is 2. The zero-order valence-corrected chi connectivity index (χ0v) is 13.4. The van der Waals surface area contributed by atoms with Crippen molar-refractivity contribution in [2.45, 2.75) is 6.42 Å². The number of nitrogens with one attached hydrogen (secondary N) is 1. The summed E-state index contributed by atoms with van der Waals surface area (Å²) in [5.74, 6) is 0.340. The highest BCUT2D eigenvalue weighted by Crippen LogP contribution is 2.32. The highest BCUT2D eigenvalue weighted by Gasteiger charge is 2.13. The lowest BCUT2D eigenvalue weighted by Gasteiger charge is -2.19. The van der Waals surface area contributed by atoms with Gasteiger partial charge in [0.15, 0.2) is 18.1 Å². The van der Waals surface area contributed by atoms with E-state index in [1.807, 2.05) is 0 Å². The normalized spacial score (nSPS) is 12.3. The topological polar surface area (TPSA) is 94.1 Å². The maximum atomic E-state index is 11.9. The molecule has 2 aromatic carbocycles. The molecule has 0 unspecified atom stereocenters. The molecule has 1 aliphatic rings. The van der Waals surface area contributed by atoms with E-state index in [1.165, 1.54) is 12.1 Å². The quantitative estimate of drug-likeness (QED) is 0.805. The summed E-state index contributed by atoms with van der Waals surface area (Å²) < 4.78 is 15.8. The van der Waals surface area contributed by atoms with Crippen molar-refractivity contribution in [1.29, 1.82) is 0 Å². The van der Waals surface area contributed by atoms with E-state index >= 15 is 0 Å². The Morgan fingerprint density at radius 2 is 1.76 bits per heavy atom. The highest BCUT2D eigenvalue weighted by molar-refractivity contribution is 5.93. The van der Waals surface area contributed by atoms with E-state index < -0.39 is 11.9 Å². The zero-order chi connectivity index (χ0) is 17.6. The van der Waals surface area contributed by atoms with Crippen molar-refractivity contribution in [2.24, 2.45) is 0 Å². The van der Waals surface area contributed by atoms with E-state index in [0.29, 0.717) is 36.0 Å². The number of hydrogen-bond acceptors (Lipinski definition) is 6. The second kappa shape index (κ2) is 7.57. The fourth-order valence-electron chi connectivity index (χ4n) is 2.30. The van der Waals surface area contributed by atoms with E-state index in [4.69, 9.17) is 14.2 Å². The van der Waals surface area contributed by atoms with E-state index in [-0.39, 0.29) is 18.8 Å². The molecular weight excluding hydrogens is 326 g/mol. The Bertz CT molecular complexity index is 772. The van der Waals surface area contributed by atoms with Crippen LogP contribution in [0.5, 0.6) is 17.2 Å². The van der Waals surface area contributed by atoms with Crippen LogP contribution in [-0.2, 0) is 20.7 Å². The van der Waals surface area contributed by atoms with Crippen LogP contribution in [-0.4, -0.2) is 36.8 Å². The maximum Gasteiger partial charge on any atom is 0.310 e. The number of carbonyl (C=O) groups excluding carboxylic acids is 2. The van der Waals surface area contributed by atoms with E-state index in [1.54, 1.807) is 30.3 Å². The summed E-state index contributed by atoms with van der Waals surface area (Å²) in [6.07, 6.45) is 0.0254. The number of fused-ring (bicyclic) bond motifs is 1. The third-order valence-corrected chi connectivity index (χ3v) is 3.47. The molecule has 0 spiro atoms. The standard InChI is InChI=1S/C18H17NO6/c20-14-4-1-12(2-5-14)9-18(22)25-11-17(21)19-13-3-6-15-16(10-13)24-8-7-23-15/h1-6,10,20H,7-9,11H2,(H,19,21). The van der Waals surface area contributed by atoms with Gasteiger partial charge < -0.3 is 24.6 Å². The van der Waals surface area contributed by atoms with Crippen molar-refractivity contribution in [3.63, 3.8) is 0 Å². The second-order valence-electron chi connectivity index (χ2n) is 5.41. The molecule has 25 heavy (non-hydrogen) atoms. The summed E-state index contributed by atoms with van der Waals surface area (Å²) in [5, 5.41) is 11.8. The first kappa shape index (κ1) is 16.6. The Morgan fingerprint density at radius 1 is 1.04 bits per heavy atom. The SMILES string of the molecule is O=C(COC(=O)Cc1ccc(O)cc1)Nc1ccc2c(c1)OCCO2. The summed E-state index contributed by atoms with van der Waals surface area (Å²) in [4.78, 5) is 23.6. The number of ether oxygens (including phenoxy) is 3. The molecule has 0 atom stereocenters. The number of anilines is 1. The second-order valence-corrected chi connectivity index (χ2v) is 5.41. The largest absolute Gasteiger partial charge is 0.508 e.